The second-order valence-corrected chi connectivity index (χ2v) is 7.56. The molecule has 0 spiro atoms. The first kappa shape index (κ1) is 14.0. The third-order valence-electron chi connectivity index (χ3n) is 3.68. The third kappa shape index (κ3) is 4.42. The Morgan fingerprint density at radius 1 is 1.38 bits per heavy atom. The summed E-state index contributed by atoms with van der Waals surface area (Å²) in [6.07, 6.45) is 6.36. The Morgan fingerprint density at radius 2 is 2.06 bits per heavy atom. The van der Waals surface area contributed by atoms with Crippen LogP contribution < -0.4 is 5.32 Å². The van der Waals surface area contributed by atoms with Crippen molar-refractivity contribution in [3.63, 3.8) is 0 Å². The molecule has 0 radical (unpaired) electrons. The molecule has 0 aromatic rings. The minimum Gasteiger partial charge on any atom is -0.314 e. The van der Waals surface area contributed by atoms with Crippen LogP contribution >= 0.6 is 0 Å². The van der Waals surface area contributed by atoms with Crippen LogP contribution in [0.15, 0.2) is 0 Å². The average Bonchev–Trinajstić information content (AvgIpc) is 2.25. The normalized spacial score (nSPS) is 28.9. The van der Waals surface area contributed by atoms with Crippen molar-refractivity contribution in [1.82, 2.24) is 5.32 Å². The predicted molar refractivity (Wildman–Crippen MR) is 68.3 cm³/mol. The molecule has 0 aromatic heterocycles. The lowest BCUT2D eigenvalue weighted by Crippen LogP contribution is -2.40. The van der Waals surface area contributed by atoms with Crippen LogP contribution in [0.25, 0.3) is 0 Å². The average molecular weight is 247 g/mol. The van der Waals surface area contributed by atoms with Gasteiger partial charge < -0.3 is 5.32 Å². The van der Waals surface area contributed by atoms with Crippen molar-refractivity contribution in [3.05, 3.63) is 0 Å². The second kappa shape index (κ2) is 6.01. The van der Waals surface area contributed by atoms with Crippen molar-refractivity contribution in [2.45, 2.75) is 57.2 Å². The smallest absolute Gasteiger partial charge is 0.150 e. The standard InChI is InChI=1S/C12H25NO2S/c1-4-10(2)9-13-11-6-5-7-12(8-11)16(3,14)15/h10-13H,4-9H2,1-3H3. The van der Waals surface area contributed by atoms with E-state index in [0.717, 1.165) is 32.2 Å². The van der Waals surface area contributed by atoms with E-state index in [0.29, 0.717) is 12.0 Å². The fourth-order valence-corrected chi connectivity index (χ4v) is 3.41. The molecule has 0 aliphatic heterocycles. The van der Waals surface area contributed by atoms with Gasteiger partial charge in [0.2, 0.25) is 0 Å². The van der Waals surface area contributed by atoms with Gasteiger partial charge in [-0.3, -0.25) is 0 Å². The summed E-state index contributed by atoms with van der Waals surface area (Å²) in [6.45, 7) is 5.42. The minimum atomic E-state index is -2.84. The Labute approximate surface area is 99.9 Å². The Hall–Kier alpha value is -0.0900. The van der Waals surface area contributed by atoms with Gasteiger partial charge >= 0.3 is 0 Å². The topological polar surface area (TPSA) is 46.2 Å². The number of hydrogen-bond acceptors (Lipinski definition) is 3. The molecule has 1 aliphatic rings. The molecule has 1 rings (SSSR count). The molecule has 0 saturated heterocycles. The molecule has 3 unspecified atom stereocenters. The number of hydrogen-bond donors (Lipinski definition) is 1. The van der Waals surface area contributed by atoms with Crippen LogP contribution in [0.2, 0.25) is 0 Å². The van der Waals surface area contributed by atoms with Crippen molar-refractivity contribution in [3.8, 4) is 0 Å². The number of nitrogens with one attached hydrogen (secondary N) is 1. The van der Waals surface area contributed by atoms with E-state index in [9.17, 15) is 8.42 Å². The monoisotopic (exact) mass is 247 g/mol. The van der Waals surface area contributed by atoms with Crippen molar-refractivity contribution >= 4 is 9.84 Å². The summed E-state index contributed by atoms with van der Waals surface area (Å²) in [5.41, 5.74) is 0. The molecule has 96 valence electrons. The quantitative estimate of drug-likeness (QED) is 0.808. The first-order valence-corrected chi connectivity index (χ1v) is 8.31. The van der Waals surface area contributed by atoms with Crippen molar-refractivity contribution in [2.24, 2.45) is 5.92 Å². The van der Waals surface area contributed by atoms with Crippen LogP contribution in [-0.4, -0.2) is 32.5 Å². The zero-order valence-electron chi connectivity index (χ0n) is 10.7. The maximum absolute atomic E-state index is 11.5. The highest BCUT2D eigenvalue weighted by atomic mass is 32.2. The maximum atomic E-state index is 11.5. The van der Waals surface area contributed by atoms with Gasteiger partial charge in [-0.25, -0.2) is 8.42 Å². The molecule has 1 N–H and O–H groups in total. The van der Waals surface area contributed by atoms with Crippen molar-refractivity contribution in [2.75, 3.05) is 12.8 Å². The van der Waals surface area contributed by atoms with Gasteiger partial charge in [0.05, 0.1) is 5.25 Å². The van der Waals surface area contributed by atoms with E-state index in [2.05, 4.69) is 19.2 Å². The lowest BCUT2D eigenvalue weighted by Gasteiger charge is -2.29. The van der Waals surface area contributed by atoms with Crippen LogP contribution in [0.4, 0.5) is 0 Å². The molecular weight excluding hydrogens is 222 g/mol. The van der Waals surface area contributed by atoms with E-state index in [1.54, 1.807) is 0 Å². The molecular formula is C12H25NO2S. The van der Waals surface area contributed by atoms with Crippen LogP contribution in [0.5, 0.6) is 0 Å². The van der Waals surface area contributed by atoms with Gasteiger partial charge in [-0.1, -0.05) is 26.7 Å². The zero-order chi connectivity index (χ0) is 12.2. The van der Waals surface area contributed by atoms with E-state index in [4.69, 9.17) is 0 Å². The lowest BCUT2D eigenvalue weighted by molar-refractivity contribution is 0.349. The Balaban J connectivity index is 2.39. The molecule has 1 aliphatic carbocycles. The highest BCUT2D eigenvalue weighted by Crippen LogP contribution is 2.23. The molecule has 4 heteroatoms. The van der Waals surface area contributed by atoms with Gasteiger partial charge in [0, 0.05) is 12.3 Å². The molecule has 16 heavy (non-hydrogen) atoms. The van der Waals surface area contributed by atoms with Gasteiger partial charge in [0.15, 0.2) is 0 Å². The summed E-state index contributed by atoms with van der Waals surface area (Å²) in [6, 6.07) is 0.405. The lowest BCUT2D eigenvalue weighted by atomic mass is 9.94. The van der Waals surface area contributed by atoms with Gasteiger partial charge in [-0.05, 0) is 31.7 Å². The van der Waals surface area contributed by atoms with Gasteiger partial charge in [-0.15, -0.1) is 0 Å². The van der Waals surface area contributed by atoms with Crippen molar-refractivity contribution in [1.29, 1.82) is 0 Å². The molecule has 0 aromatic carbocycles. The number of sulfone groups is 1. The largest absolute Gasteiger partial charge is 0.314 e. The molecule has 3 nitrogen and oxygen atoms in total. The summed E-state index contributed by atoms with van der Waals surface area (Å²) >= 11 is 0. The van der Waals surface area contributed by atoms with Gasteiger partial charge in [0.25, 0.3) is 0 Å². The fourth-order valence-electron chi connectivity index (χ4n) is 2.23. The maximum Gasteiger partial charge on any atom is 0.150 e. The number of rotatable bonds is 5. The first-order chi connectivity index (χ1) is 7.43. The summed E-state index contributed by atoms with van der Waals surface area (Å²) in [4.78, 5) is 0. The minimum absolute atomic E-state index is 0.115. The summed E-state index contributed by atoms with van der Waals surface area (Å²) in [5, 5.41) is 3.39. The molecule has 0 amide bonds. The van der Waals surface area contributed by atoms with E-state index < -0.39 is 9.84 Å². The van der Waals surface area contributed by atoms with E-state index in [1.165, 1.54) is 12.7 Å². The Morgan fingerprint density at radius 3 is 2.62 bits per heavy atom. The SMILES string of the molecule is CCC(C)CNC1CCCC(S(C)(=O)=O)C1. The summed E-state index contributed by atoms with van der Waals surface area (Å²) < 4.78 is 23.0. The van der Waals surface area contributed by atoms with Crippen LogP contribution in [0.1, 0.15) is 46.0 Å². The predicted octanol–water partition coefficient (Wildman–Crippen LogP) is 1.98. The van der Waals surface area contributed by atoms with E-state index >= 15 is 0 Å². The van der Waals surface area contributed by atoms with Crippen LogP contribution in [-0.2, 0) is 9.84 Å². The molecule has 1 fully saturated rings. The molecule has 0 bridgehead atoms. The van der Waals surface area contributed by atoms with Crippen LogP contribution in [0.3, 0.4) is 0 Å². The summed E-state index contributed by atoms with van der Waals surface area (Å²) in [7, 11) is -2.84. The molecule has 0 heterocycles. The first-order valence-electron chi connectivity index (χ1n) is 6.35. The fraction of sp³-hybridized carbons (Fsp3) is 1.00. The van der Waals surface area contributed by atoms with Gasteiger partial charge in [-0.2, -0.15) is 0 Å². The molecule has 1 saturated carbocycles. The van der Waals surface area contributed by atoms with Crippen LogP contribution in [0, 0.1) is 5.92 Å². The van der Waals surface area contributed by atoms with Gasteiger partial charge in [0.1, 0.15) is 9.84 Å². The van der Waals surface area contributed by atoms with Crippen molar-refractivity contribution < 1.29 is 8.42 Å². The zero-order valence-corrected chi connectivity index (χ0v) is 11.5. The highest BCUT2D eigenvalue weighted by Gasteiger charge is 2.28. The highest BCUT2D eigenvalue weighted by molar-refractivity contribution is 7.91. The third-order valence-corrected chi connectivity index (χ3v) is 5.32. The van der Waals surface area contributed by atoms with E-state index in [-0.39, 0.29) is 5.25 Å². The Bertz CT molecular complexity index is 300. The summed E-state index contributed by atoms with van der Waals surface area (Å²) in [5.74, 6) is 0.679. The van der Waals surface area contributed by atoms with E-state index in [1.807, 2.05) is 0 Å². The Kier molecular flexibility index (Phi) is 5.25. The molecule has 3 atom stereocenters. The second-order valence-electron chi connectivity index (χ2n) is 5.24.